The van der Waals surface area contributed by atoms with Crippen LogP contribution in [0.1, 0.15) is 37.2 Å². The van der Waals surface area contributed by atoms with Gasteiger partial charge in [-0.1, -0.05) is 12.8 Å². The molecule has 1 aromatic rings. The molecule has 0 saturated heterocycles. The lowest BCUT2D eigenvalue weighted by atomic mass is 10.0. The Morgan fingerprint density at radius 3 is 2.50 bits per heavy atom. The molecule has 1 saturated carbocycles. The second kappa shape index (κ2) is 5.80. The quantitative estimate of drug-likeness (QED) is 0.742. The van der Waals surface area contributed by atoms with Crippen LogP contribution in [0.3, 0.4) is 0 Å². The summed E-state index contributed by atoms with van der Waals surface area (Å²) in [7, 11) is 1.94. The van der Waals surface area contributed by atoms with Crippen LogP contribution in [0.15, 0.2) is 12.4 Å². The number of hydrogen-bond acceptors (Lipinski definition) is 4. The molecule has 4 nitrogen and oxygen atoms in total. The van der Waals surface area contributed by atoms with Gasteiger partial charge < -0.3 is 10.6 Å². The molecule has 1 aromatic heterocycles. The molecule has 0 aliphatic heterocycles. The highest BCUT2D eigenvalue weighted by molar-refractivity contribution is 5.26. The van der Waals surface area contributed by atoms with Crippen molar-refractivity contribution in [1.82, 2.24) is 15.3 Å². The summed E-state index contributed by atoms with van der Waals surface area (Å²) >= 11 is 0. The Hall–Kier alpha value is -1.16. The number of aromatic nitrogens is 2. The molecule has 4 heteroatoms. The van der Waals surface area contributed by atoms with E-state index in [9.17, 15) is 0 Å². The first-order chi connectivity index (χ1) is 7.90. The minimum absolute atomic E-state index is 0.700. The molecular weight excluding hydrogens is 200 g/mol. The van der Waals surface area contributed by atoms with Gasteiger partial charge in [-0.2, -0.15) is 0 Å². The van der Waals surface area contributed by atoms with Crippen LogP contribution in [0.4, 0.5) is 5.95 Å². The van der Waals surface area contributed by atoms with Crippen molar-refractivity contribution in [2.75, 3.05) is 25.5 Å². The second-order valence-electron chi connectivity index (χ2n) is 4.35. The van der Waals surface area contributed by atoms with Crippen molar-refractivity contribution in [3.8, 4) is 0 Å². The Bertz CT molecular complexity index is 303. The molecule has 88 valence electrons. The van der Waals surface area contributed by atoms with E-state index in [0.29, 0.717) is 5.92 Å². The van der Waals surface area contributed by atoms with E-state index >= 15 is 0 Å². The second-order valence-corrected chi connectivity index (χ2v) is 4.35. The minimum Gasteiger partial charge on any atom is -0.353 e. The number of likely N-dealkylation sites (N-methyl/N-ethyl adjacent to an activating group) is 1. The maximum absolute atomic E-state index is 4.35. The molecular formula is C12H20N4. The molecule has 0 atom stereocenters. The summed E-state index contributed by atoms with van der Waals surface area (Å²) in [5, 5.41) is 6.25. The first-order valence-electron chi connectivity index (χ1n) is 6.10. The molecule has 0 radical (unpaired) electrons. The fraction of sp³-hybridized carbons (Fsp3) is 0.667. The van der Waals surface area contributed by atoms with Crippen LogP contribution < -0.4 is 10.6 Å². The summed E-state index contributed by atoms with van der Waals surface area (Å²) < 4.78 is 0. The van der Waals surface area contributed by atoms with Gasteiger partial charge in [0.2, 0.25) is 5.95 Å². The average molecular weight is 220 g/mol. The highest BCUT2D eigenvalue weighted by Gasteiger charge is 2.17. The van der Waals surface area contributed by atoms with Gasteiger partial charge in [0.05, 0.1) is 0 Å². The monoisotopic (exact) mass is 220 g/mol. The van der Waals surface area contributed by atoms with Crippen LogP contribution in [-0.4, -0.2) is 30.1 Å². The lowest BCUT2D eigenvalue weighted by Gasteiger charge is -2.09. The molecule has 0 unspecified atom stereocenters. The molecule has 2 N–H and O–H groups in total. The molecule has 1 heterocycles. The van der Waals surface area contributed by atoms with Gasteiger partial charge in [-0.05, 0) is 31.4 Å². The largest absolute Gasteiger partial charge is 0.353 e. The van der Waals surface area contributed by atoms with E-state index in [0.717, 1.165) is 19.0 Å². The number of anilines is 1. The van der Waals surface area contributed by atoms with E-state index < -0.39 is 0 Å². The van der Waals surface area contributed by atoms with Crippen molar-refractivity contribution in [2.45, 2.75) is 31.6 Å². The minimum atomic E-state index is 0.700. The SMILES string of the molecule is CNCCNc1ncc(C2CCCC2)cn1. The van der Waals surface area contributed by atoms with Crippen LogP contribution in [-0.2, 0) is 0 Å². The molecule has 0 aromatic carbocycles. The summed E-state index contributed by atoms with van der Waals surface area (Å²) in [6.45, 7) is 1.78. The third-order valence-corrected chi connectivity index (χ3v) is 3.16. The van der Waals surface area contributed by atoms with Crippen LogP contribution in [0.2, 0.25) is 0 Å². The van der Waals surface area contributed by atoms with Crippen LogP contribution in [0, 0.1) is 0 Å². The van der Waals surface area contributed by atoms with E-state index in [4.69, 9.17) is 0 Å². The molecule has 0 spiro atoms. The summed E-state index contributed by atoms with van der Waals surface area (Å²) in [6, 6.07) is 0. The Morgan fingerprint density at radius 2 is 1.88 bits per heavy atom. The molecule has 1 aliphatic carbocycles. The van der Waals surface area contributed by atoms with E-state index in [1.54, 1.807) is 0 Å². The highest BCUT2D eigenvalue weighted by Crippen LogP contribution is 2.33. The molecule has 2 rings (SSSR count). The van der Waals surface area contributed by atoms with Gasteiger partial charge in [-0.3, -0.25) is 0 Å². The van der Waals surface area contributed by atoms with Gasteiger partial charge >= 0.3 is 0 Å². The first-order valence-corrected chi connectivity index (χ1v) is 6.10. The zero-order valence-corrected chi connectivity index (χ0v) is 9.87. The van der Waals surface area contributed by atoms with Crippen molar-refractivity contribution < 1.29 is 0 Å². The summed E-state index contributed by atoms with van der Waals surface area (Å²) in [5.74, 6) is 1.43. The molecule has 0 amide bonds. The van der Waals surface area contributed by atoms with Crippen molar-refractivity contribution in [2.24, 2.45) is 0 Å². The van der Waals surface area contributed by atoms with Crippen molar-refractivity contribution in [3.63, 3.8) is 0 Å². The van der Waals surface area contributed by atoms with Gasteiger partial charge in [0.1, 0.15) is 0 Å². The van der Waals surface area contributed by atoms with Gasteiger partial charge in [0.25, 0.3) is 0 Å². The number of nitrogens with one attached hydrogen (secondary N) is 2. The standard InChI is InChI=1S/C12H20N4/c1-13-6-7-14-12-15-8-11(9-16-12)10-4-2-3-5-10/h8-10,13H,2-7H2,1H3,(H,14,15,16). The predicted molar refractivity (Wildman–Crippen MR) is 65.7 cm³/mol. The molecule has 16 heavy (non-hydrogen) atoms. The van der Waals surface area contributed by atoms with Crippen LogP contribution in [0.5, 0.6) is 0 Å². The lowest BCUT2D eigenvalue weighted by Crippen LogP contribution is -2.18. The van der Waals surface area contributed by atoms with E-state index in [-0.39, 0.29) is 0 Å². The summed E-state index contributed by atoms with van der Waals surface area (Å²) in [6.07, 6.45) is 9.26. The molecule has 1 fully saturated rings. The normalized spacial score (nSPS) is 16.6. The molecule has 1 aliphatic rings. The van der Waals surface area contributed by atoms with Crippen molar-refractivity contribution >= 4 is 5.95 Å². The van der Waals surface area contributed by atoms with Crippen molar-refractivity contribution in [1.29, 1.82) is 0 Å². The zero-order valence-electron chi connectivity index (χ0n) is 9.87. The zero-order chi connectivity index (χ0) is 11.2. The highest BCUT2D eigenvalue weighted by atomic mass is 15.1. The van der Waals surface area contributed by atoms with Crippen LogP contribution in [0.25, 0.3) is 0 Å². The first kappa shape index (κ1) is 11.3. The van der Waals surface area contributed by atoms with Crippen molar-refractivity contribution in [3.05, 3.63) is 18.0 Å². The van der Waals surface area contributed by atoms with Gasteiger partial charge in [0, 0.05) is 25.5 Å². The lowest BCUT2D eigenvalue weighted by molar-refractivity contribution is 0.714. The third kappa shape index (κ3) is 2.92. The summed E-state index contributed by atoms with van der Waals surface area (Å²) in [5.41, 5.74) is 1.30. The van der Waals surface area contributed by atoms with E-state index in [1.165, 1.54) is 31.2 Å². The smallest absolute Gasteiger partial charge is 0.222 e. The number of rotatable bonds is 5. The van der Waals surface area contributed by atoms with Gasteiger partial charge in [0.15, 0.2) is 0 Å². The number of hydrogen-bond donors (Lipinski definition) is 2. The van der Waals surface area contributed by atoms with E-state index in [1.807, 2.05) is 19.4 Å². The maximum atomic E-state index is 4.35. The number of nitrogens with zero attached hydrogens (tertiary/aromatic N) is 2. The van der Waals surface area contributed by atoms with E-state index in [2.05, 4.69) is 20.6 Å². The fourth-order valence-electron chi connectivity index (χ4n) is 2.20. The molecule has 0 bridgehead atoms. The Labute approximate surface area is 96.9 Å². The van der Waals surface area contributed by atoms with Gasteiger partial charge in [-0.15, -0.1) is 0 Å². The maximum Gasteiger partial charge on any atom is 0.222 e. The fourth-order valence-corrected chi connectivity index (χ4v) is 2.20. The van der Waals surface area contributed by atoms with Crippen LogP contribution >= 0.6 is 0 Å². The summed E-state index contributed by atoms with van der Waals surface area (Å²) in [4.78, 5) is 8.69. The Morgan fingerprint density at radius 1 is 1.19 bits per heavy atom. The average Bonchev–Trinajstić information content (AvgIpc) is 2.84. The Kier molecular flexibility index (Phi) is 4.10. The predicted octanol–water partition coefficient (Wildman–Crippen LogP) is 1.77. The third-order valence-electron chi connectivity index (χ3n) is 3.16. The van der Waals surface area contributed by atoms with Gasteiger partial charge in [-0.25, -0.2) is 9.97 Å². The Balaban J connectivity index is 1.88. The topological polar surface area (TPSA) is 49.8 Å².